The molecular weight excluding hydrogens is 266 g/mol. The fourth-order valence-corrected chi connectivity index (χ4v) is 1.31. The lowest BCUT2D eigenvalue weighted by Gasteiger charge is -2.27. The summed E-state index contributed by atoms with van der Waals surface area (Å²) in [6.07, 6.45) is -2.10. The van der Waals surface area contributed by atoms with Crippen LogP contribution in [-0.2, 0) is 19.7 Å². The van der Waals surface area contributed by atoms with E-state index in [-0.39, 0.29) is 6.54 Å². The van der Waals surface area contributed by atoms with Gasteiger partial charge in [0.2, 0.25) is 5.91 Å². The van der Waals surface area contributed by atoms with E-state index in [9.17, 15) is 23.1 Å². The minimum Gasteiger partial charge on any atom is -0.396 e. The second-order valence-corrected chi connectivity index (χ2v) is 5.84. The van der Waals surface area contributed by atoms with Gasteiger partial charge in [-0.25, -0.2) is 0 Å². The zero-order chi connectivity index (χ0) is 14.6. The Morgan fingerprint density at radius 3 is 2.22 bits per heavy atom. The highest BCUT2D eigenvalue weighted by molar-refractivity contribution is 8.01. The first-order valence-electron chi connectivity index (χ1n) is 5.09. The summed E-state index contributed by atoms with van der Waals surface area (Å²) >= 11 is 0. The van der Waals surface area contributed by atoms with Crippen molar-refractivity contribution in [2.24, 2.45) is 5.41 Å². The molecule has 0 aliphatic heterocycles. The summed E-state index contributed by atoms with van der Waals surface area (Å²) in [4.78, 5) is 22.2. The van der Waals surface area contributed by atoms with Crippen LogP contribution in [0.1, 0.15) is 20.3 Å². The van der Waals surface area contributed by atoms with Crippen molar-refractivity contribution < 1.29 is 32.8 Å². The largest absolute Gasteiger partial charge is 0.396 e. The first kappa shape index (κ1) is 17.0. The molecule has 0 aromatic rings. The van der Waals surface area contributed by atoms with E-state index in [1.54, 1.807) is 0 Å². The molecule has 0 saturated carbocycles. The Balaban J connectivity index is 4.26. The summed E-state index contributed by atoms with van der Waals surface area (Å²) in [5, 5.41) is 19.2. The van der Waals surface area contributed by atoms with Crippen molar-refractivity contribution in [1.82, 2.24) is 5.32 Å². The van der Waals surface area contributed by atoms with Crippen LogP contribution < -0.4 is 5.32 Å². The SMILES string of the molecule is CC(C)(CO)[C@@H](O)C(=O)NCCC(=O)S(=O)(=O)O. The number of nitrogens with one attached hydrogen (secondary N) is 1. The maximum absolute atomic E-state index is 11.4. The van der Waals surface area contributed by atoms with E-state index in [0.29, 0.717) is 0 Å². The van der Waals surface area contributed by atoms with Crippen LogP contribution in [-0.4, -0.2) is 53.5 Å². The molecule has 106 valence electrons. The van der Waals surface area contributed by atoms with Gasteiger partial charge in [0.15, 0.2) is 0 Å². The molecule has 0 bridgehead atoms. The molecule has 18 heavy (non-hydrogen) atoms. The van der Waals surface area contributed by atoms with Gasteiger partial charge in [0.25, 0.3) is 5.12 Å². The van der Waals surface area contributed by atoms with E-state index in [4.69, 9.17) is 9.66 Å². The topological polar surface area (TPSA) is 141 Å². The van der Waals surface area contributed by atoms with E-state index in [1.165, 1.54) is 13.8 Å². The standard InChI is InChI=1S/C9H17NO7S/c1-9(2,5-11)7(13)8(14)10-4-3-6(12)18(15,16)17/h7,11,13H,3-5H2,1-2H3,(H,10,14)(H,15,16,17)/t7-/m0/s1. The molecule has 0 saturated heterocycles. The van der Waals surface area contributed by atoms with E-state index >= 15 is 0 Å². The third-order valence-electron chi connectivity index (χ3n) is 2.31. The number of hydrogen-bond acceptors (Lipinski definition) is 6. The van der Waals surface area contributed by atoms with Gasteiger partial charge in [-0.15, -0.1) is 0 Å². The van der Waals surface area contributed by atoms with Crippen molar-refractivity contribution in [3.63, 3.8) is 0 Å². The highest BCUT2D eigenvalue weighted by Gasteiger charge is 2.32. The van der Waals surface area contributed by atoms with Gasteiger partial charge in [-0.05, 0) is 0 Å². The lowest BCUT2D eigenvalue weighted by molar-refractivity contribution is -0.137. The Bertz CT molecular complexity index is 415. The summed E-state index contributed by atoms with van der Waals surface area (Å²) in [5.41, 5.74) is -1.06. The van der Waals surface area contributed by atoms with Gasteiger partial charge in [-0.1, -0.05) is 13.8 Å². The zero-order valence-electron chi connectivity index (χ0n) is 10.1. The van der Waals surface area contributed by atoms with Crippen molar-refractivity contribution in [2.75, 3.05) is 13.2 Å². The normalized spacial score (nSPS) is 14.1. The number of amides is 1. The molecule has 0 heterocycles. The molecule has 0 spiro atoms. The minimum absolute atomic E-state index is 0.337. The van der Waals surface area contributed by atoms with E-state index < -0.39 is 45.7 Å². The molecule has 0 fully saturated rings. The maximum Gasteiger partial charge on any atom is 0.328 e. The number of aliphatic hydroxyl groups excluding tert-OH is 2. The second kappa shape index (κ2) is 6.23. The van der Waals surface area contributed by atoms with Gasteiger partial charge in [-0.3, -0.25) is 14.1 Å². The summed E-state index contributed by atoms with van der Waals surface area (Å²) in [6, 6.07) is 0. The molecule has 4 N–H and O–H groups in total. The Labute approximate surface area is 105 Å². The van der Waals surface area contributed by atoms with Crippen LogP contribution in [0, 0.1) is 5.41 Å². The fourth-order valence-electron chi connectivity index (χ4n) is 0.955. The predicted octanol–water partition coefficient (Wildman–Crippen LogP) is -1.71. The van der Waals surface area contributed by atoms with Crippen LogP contribution in [0.25, 0.3) is 0 Å². The molecule has 0 aromatic heterocycles. The third kappa shape index (κ3) is 5.08. The average Bonchev–Trinajstić information content (AvgIpc) is 2.26. The highest BCUT2D eigenvalue weighted by Crippen LogP contribution is 2.19. The number of carbonyl (C=O) groups excluding carboxylic acids is 2. The summed E-state index contributed by atoms with van der Waals surface area (Å²) in [6.45, 7) is 2.16. The molecule has 1 atom stereocenters. The molecule has 1 amide bonds. The van der Waals surface area contributed by atoms with Crippen LogP contribution >= 0.6 is 0 Å². The van der Waals surface area contributed by atoms with Crippen LogP contribution in [0.2, 0.25) is 0 Å². The smallest absolute Gasteiger partial charge is 0.328 e. The van der Waals surface area contributed by atoms with Crippen molar-refractivity contribution in [3.05, 3.63) is 0 Å². The number of rotatable bonds is 6. The summed E-state index contributed by atoms with van der Waals surface area (Å²) in [5.74, 6) is -0.836. The molecule has 8 nitrogen and oxygen atoms in total. The molecule has 0 aliphatic carbocycles. The zero-order valence-corrected chi connectivity index (χ0v) is 10.9. The van der Waals surface area contributed by atoms with Crippen LogP contribution in [0.15, 0.2) is 0 Å². The molecule has 0 aromatic carbocycles. The van der Waals surface area contributed by atoms with E-state index in [2.05, 4.69) is 5.32 Å². The Morgan fingerprint density at radius 2 is 1.83 bits per heavy atom. The third-order valence-corrected chi connectivity index (χ3v) is 3.09. The number of aliphatic hydroxyl groups is 2. The van der Waals surface area contributed by atoms with Crippen LogP contribution in [0.4, 0.5) is 0 Å². The Morgan fingerprint density at radius 1 is 1.33 bits per heavy atom. The monoisotopic (exact) mass is 283 g/mol. The first-order valence-corrected chi connectivity index (χ1v) is 6.53. The van der Waals surface area contributed by atoms with Gasteiger partial charge >= 0.3 is 10.1 Å². The number of hydrogen-bond donors (Lipinski definition) is 4. The quantitative estimate of drug-likeness (QED) is 0.425. The Kier molecular flexibility index (Phi) is 5.87. The first-order chi connectivity index (χ1) is 8.02. The molecule has 9 heteroatoms. The van der Waals surface area contributed by atoms with Crippen molar-refractivity contribution in [1.29, 1.82) is 0 Å². The van der Waals surface area contributed by atoms with Crippen molar-refractivity contribution in [2.45, 2.75) is 26.4 Å². The lowest BCUT2D eigenvalue weighted by atomic mass is 9.87. The Hall–Kier alpha value is -1.03. The van der Waals surface area contributed by atoms with Gasteiger partial charge in [0, 0.05) is 18.4 Å². The predicted molar refractivity (Wildman–Crippen MR) is 61.1 cm³/mol. The molecule has 0 rings (SSSR count). The maximum atomic E-state index is 11.4. The van der Waals surface area contributed by atoms with Gasteiger partial charge in [-0.2, -0.15) is 8.42 Å². The van der Waals surface area contributed by atoms with Crippen molar-refractivity contribution >= 4 is 21.1 Å². The van der Waals surface area contributed by atoms with Gasteiger partial charge in [0.05, 0.1) is 6.61 Å². The summed E-state index contributed by atoms with van der Waals surface area (Å²) in [7, 11) is -4.75. The van der Waals surface area contributed by atoms with Gasteiger partial charge < -0.3 is 15.5 Å². The second-order valence-electron chi connectivity index (χ2n) is 4.44. The van der Waals surface area contributed by atoms with E-state index in [1.807, 2.05) is 0 Å². The lowest BCUT2D eigenvalue weighted by Crippen LogP contribution is -2.46. The van der Waals surface area contributed by atoms with Crippen molar-refractivity contribution in [3.8, 4) is 0 Å². The molecule has 0 aliphatic rings. The van der Waals surface area contributed by atoms with E-state index in [0.717, 1.165) is 0 Å². The number of carbonyl (C=O) groups is 2. The summed E-state index contributed by atoms with van der Waals surface area (Å²) < 4.78 is 29.1. The highest BCUT2D eigenvalue weighted by atomic mass is 32.2. The fraction of sp³-hybridized carbons (Fsp3) is 0.778. The van der Waals surface area contributed by atoms with Gasteiger partial charge in [0.1, 0.15) is 6.10 Å². The molecule has 0 unspecified atom stereocenters. The van der Waals surface area contributed by atoms with Crippen LogP contribution in [0.5, 0.6) is 0 Å². The molecule has 0 radical (unpaired) electrons. The average molecular weight is 283 g/mol. The minimum atomic E-state index is -4.75. The molecular formula is C9H17NO7S. The van der Waals surface area contributed by atoms with Crippen LogP contribution in [0.3, 0.4) is 0 Å².